The van der Waals surface area contributed by atoms with E-state index < -0.39 is 0 Å². The number of likely N-dealkylation sites (N-methyl/N-ethyl adjacent to an activating group) is 1. The normalized spacial score (nSPS) is 35.3. The van der Waals surface area contributed by atoms with E-state index in [0.29, 0.717) is 30.5 Å². The molecule has 226 valence electrons. The standard InChI is InChI=1S/C32H56N2O3.C2H6/c1-23(2)8-6-7-9-24-11-13-28-27-12-10-25-22-26(37-30(36)33-18-19-34(5)20-21-35)14-16-32(25,4)29(27)15-17-31(24,28)3;1-2/h10,23-24,26-29,35H,6-9,11-22H2,1-5H3,(H,33,36);1-2H3. The van der Waals surface area contributed by atoms with Crippen molar-refractivity contribution in [1.82, 2.24) is 10.2 Å². The Morgan fingerprint density at radius 1 is 1.10 bits per heavy atom. The van der Waals surface area contributed by atoms with Crippen molar-refractivity contribution in [2.45, 2.75) is 125 Å². The number of carbonyl (C=O) groups excluding carboxylic acids is 1. The van der Waals surface area contributed by atoms with Crippen molar-refractivity contribution in [2.24, 2.45) is 40.4 Å². The molecule has 0 aromatic carbocycles. The van der Waals surface area contributed by atoms with Crippen molar-refractivity contribution in [2.75, 3.05) is 33.3 Å². The smallest absolute Gasteiger partial charge is 0.407 e. The summed E-state index contributed by atoms with van der Waals surface area (Å²) in [5.41, 5.74) is 2.43. The Morgan fingerprint density at radius 3 is 2.59 bits per heavy atom. The molecule has 1 amide bonds. The predicted molar refractivity (Wildman–Crippen MR) is 163 cm³/mol. The summed E-state index contributed by atoms with van der Waals surface area (Å²) in [6.07, 6.45) is 18.0. The average Bonchev–Trinajstić information content (AvgIpc) is 3.24. The van der Waals surface area contributed by atoms with Gasteiger partial charge in [-0.3, -0.25) is 0 Å². The van der Waals surface area contributed by atoms with Crippen molar-refractivity contribution >= 4 is 6.09 Å². The van der Waals surface area contributed by atoms with Crippen molar-refractivity contribution in [1.29, 1.82) is 0 Å². The van der Waals surface area contributed by atoms with Crippen LogP contribution in [-0.2, 0) is 4.74 Å². The van der Waals surface area contributed by atoms with Gasteiger partial charge in [0.1, 0.15) is 6.10 Å². The van der Waals surface area contributed by atoms with E-state index in [0.717, 1.165) is 48.9 Å². The summed E-state index contributed by atoms with van der Waals surface area (Å²) in [4.78, 5) is 14.4. The first-order valence-electron chi connectivity index (χ1n) is 16.6. The number of nitrogens with zero attached hydrogens (tertiary/aromatic N) is 1. The van der Waals surface area contributed by atoms with E-state index in [4.69, 9.17) is 9.84 Å². The third-order valence-corrected chi connectivity index (χ3v) is 11.4. The molecule has 0 bridgehead atoms. The zero-order chi connectivity index (χ0) is 28.6. The van der Waals surface area contributed by atoms with Gasteiger partial charge in [0.2, 0.25) is 0 Å². The third kappa shape index (κ3) is 7.61. The van der Waals surface area contributed by atoms with Crippen molar-refractivity contribution in [3.05, 3.63) is 11.6 Å². The highest BCUT2D eigenvalue weighted by atomic mass is 16.6. The Morgan fingerprint density at radius 2 is 1.87 bits per heavy atom. The molecule has 39 heavy (non-hydrogen) atoms. The van der Waals surface area contributed by atoms with Gasteiger partial charge >= 0.3 is 6.09 Å². The van der Waals surface area contributed by atoms with E-state index in [9.17, 15) is 4.79 Å². The van der Waals surface area contributed by atoms with Gasteiger partial charge in [0.15, 0.2) is 0 Å². The highest BCUT2D eigenvalue weighted by molar-refractivity contribution is 5.67. The van der Waals surface area contributed by atoms with Crippen LogP contribution >= 0.6 is 0 Å². The van der Waals surface area contributed by atoms with Gasteiger partial charge in [-0.1, -0.05) is 72.5 Å². The number of hydrogen-bond donors (Lipinski definition) is 2. The monoisotopic (exact) mass is 546 g/mol. The number of amides is 1. The van der Waals surface area contributed by atoms with Gasteiger partial charge in [-0.2, -0.15) is 0 Å². The van der Waals surface area contributed by atoms with Gasteiger partial charge in [0.05, 0.1) is 6.61 Å². The molecule has 0 aliphatic heterocycles. The average molecular weight is 547 g/mol. The Balaban J connectivity index is 0.00000205. The first-order chi connectivity index (χ1) is 18.7. The van der Waals surface area contributed by atoms with E-state index in [1.165, 1.54) is 57.8 Å². The van der Waals surface area contributed by atoms with Crippen LogP contribution in [0.4, 0.5) is 4.79 Å². The highest BCUT2D eigenvalue weighted by Crippen LogP contribution is 2.66. The lowest BCUT2D eigenvalue weighted by atomic mass is 9.47. The molecular weight excluding hydrogens is 484 g/mol. The van der Waals surface area contributed by atoms with Crippen LogP contribution in [0.1, 0.15) is 119 Å². The lowest BCUT2D eigenvalue weighted by Crippen LogP contribution is -2.50. The number of unbranched alkanes of at least 4 members (excludes halogenated alkanes) is 1. The SMILES string of the molecule is CC.CC(C)CCCCC1CCC2C3CC=C4CC(OC(=O)NCCN(C)CCO)CCC4(C)C3CCC12C. The summed E-state index contributed by atoms with van der Waals surface area (Å²) in [6.45, 7) is 15.9. The van der Waals surface area contributed by atoms with Crippen LogP contribution in [0.2, 0.25) is 0 Å². The topological polar surface area (TPSA) is 61.8 Å². The van der Waals surface area contributed by atoms with Crippen LogP contribution in [0.5, 0.6) is 0 Å². The minimum atomic E-state index is -0.292. The summed E-state index contributed by atoms with van der Waals surface area (Å²) in [6, 6.07) is 0. The first kappa shape index (κ1) is 32.4. The number of hydrogen-bond acceptors (Lipinski definition) is 4. The summed E-state index contributed by atoms with van der Waals surface area (Å²) >= 11 is 0. The second-order valence-corrected chi connectivity index (χ2v) is 14.0. The van der Waals surface area contributed by atoms with Gasteiger partial charge in [-0.25, -0.2) is 4.79 Å². The molecule has 4 aliphatic carbocycles. The summed E-state index contributed by atoms with van der Waals surface area (Å²) in [7, 11) is 1.95. The number of nitrogens with one attached hydrogen (secondary N) is 1. The molecule has 5 heteroatoms. The zero-order valence-corrected chi connectivity index (χ0v) is 26.6. The van der Waals surface area contributed by atoms with Crippen LogP contribution in [0.15, 0.2) is 11.6 Å². The molecular formula is C34H62N2O3. The third-order valence-electron chi connectivity index (χ3n) is 11.4. The second kappa shape index (κ2) is 14.7. The van der Waals surface area contributed by atoms with Gasteiger partial charge < -0.3 is 20.1 Å². The Kier molecular flexibility index (Phi) is 12.2. The van der Waals surface area contributed by atoms with E-state index in [-0.39, 0.29) is 18.8 Å². The van der Waals surface area contributed by atoms with Crippen LogP contribution in [0.25, 0.3) is 0 Å². The fourth-order valence-electron chi connectivity index (χ4n) is 9.08. The molecule has 3 fully saturated rings. The molecule has 0 saturated heterocycles. The maximum atomic E-state index is 12.4. The number of ether oxygens (including phenoxy) is 1. The fourth-order valence-corrected chi connectivity index (χ4v) is 9.08. The maximum absolute atomic E-state index is 12.4. The Hall–Kier alpha value is -1.07. The molecule has 7 atom stereocenters. The van der Waals surface area contributed by atoms with Crippen molar-refractivity contribution in [3.8, 4) is 0 Å². The zero-order valence-electron chi connectivity index (χ0n) is 26.6. The summed E-state index contributed by atoms with van der Waals surface area (Å²) in [5, 5.41) is 11.9. The number of alkyl carbamates (subject to hydrolysis) is 1. The number of rotatable bonds is 11. The minimum Gasteiger partial charge on any atom is -0.446 e. The van der Waals surface area contributed by atoms with Gasteiger partial charge in [-0.15, -0.1) is 0 Å². The van der Waals surface area contributed by atoms with Crippen LogP contribution < -0.4 is 5.32 Å². The van der Waals surface area contributed by atoms with Gasteiger partial charge in [0.25, 0.3) is 0 Å². The molecule has 0 heterocycles. The van der Waals surface area contributed by atoms with Crippen LogP contribution in [0.3, 0.4) is 0 Å². The number of allylic oxidation sites excluding steroid dienone is 1. The van der Waals surface area contributed by atoms with E-state index in [1.807, 2.05) is 25.8 Å². The number of fused-ring (bicyclic) bond motifs is 5. The van der Waals surface area contributed by atoms with E-state index in [2.05, 4.69) is 39.1 Å². The highest BCUT2D eigenvalue weighted by Gasteiger charge is 2.58. The molecule has 0 radical (unpaired) electrons. The maximum Gasteiger partial charge on any atom is 0.407 e. The minimum absolute atomic E-state index is 0.00148. The lowest BCUT2D eigenvalue weighted by molar-refractivity contribution is -0.0519. The van der Waals surface area contributed by atoms with E-state index in [1.54, 1.807) is 5.57 Å². The molecule has 3 saturated carbocycles. The lowest BCUT2D eigenvalue weighted by Gasteiger charge is -2.58. The largest absolute Gasteiger partial charge is 0.446 e. The molecule has 2 N–H and O–H groups in total. The molecule has 0 aromatic rings. The second-order valence-electron chi connectivity index (χ2n) is 14.0. The Bertz CT molecular complexity index is 797. The van der Waals surface area contributed by atoms with Crippen LogP contribution in [0, 0.1) is 40.4 Å². The van der Waals surface area contributed by atoms with Crippen molar-refractivity contribution < 1.29 is 14.6 Å². The van der Waals surface area contributed by atoms with E-state index >= 15 is 0 Å². The number of carbonyl (C=O) groups is 1. The van der Waals surface area contributed by atoms with Crippen molar-refractivity contribution in [3.63, 3.8) is 0 Å². The van der Waals surface area contributed by atoms with Gasteiger partial charge in [0, 0.05) is 26.1 Å². The molecule has 0 spiro atoms. The quantitative estimate of drug-likeness (QED) is 0.205. The molecule has 7 unspecified atom stereocenters. The Labute approximate surface area is 240 Å². The first-order valence-corrected chi connectivity index (χ1v) is 16.6. The number of aliphatic hydroxyl groups excluding tert-OH is 1. The summed E-state index contributed by atoms with van der Waals surface area (Å²) < 4.78 is 5.87. The summed E-state index contributed by atoms with van der Waals surface area (Å²) in [5.74, 6) is 4.34. The molecule has 4 aliphatic rings. The fraction of sp³-hybridized carbons (Fsp3) is 0.912. The van der Waals surface area contributed by atoms with Gasteiger partial charge in [-0.05, 0) is 98.8 Å². The molecule has 0 aromatic heterocycles. The van der Waals surface area contributed by atoms with Crippen LogP contribution in [-0.4, -0.2) is 55.5 Å². The molecule has 5 nitrogen and oxygen atoms in total. The predicted octanol–water partition coefficient (Wildman–Crippen LogP) is 7.83. The number of aliphatic hydroxyl groups is 1. The molecule has 4 rings (SSSR count).